The minimum absolute atomic E-state index is 0.00284. The van der Waals surface area contributed by atoms with Crippen LogP contribution in [0.1, 0.15) is 10.4 Å². The molecule has 5 rings (SSSR count). The van der Waals surface area contributed by atoms with E-state index in [0.717, 1.165) is 16.5 Å². The predicted molar refractivity (Wildman–Crippen MR) is 126 cm³/mol. The molecular formula is C22H23FN4O3S2. The lowest BCUT2D eigenvalue weighted by Crippen LogP contribution is -2.48. The Hall–Kier alpha value is -2.59. The molecule has 2 atom stereocenters. The fourth-order valence-corrected chi connectivity index (χ4v) is 7.91. The number of fused-ring (bicyclic) bond motifs is 1. The Labute approximate surface area is 190 Å². The molecule has 2 saturated heterocycles. The summed E-state index contributed by atoms with van der Waals surface area (Å²) in [4.78, 5) is 21.4. The summed E-state index contributed by atoms with van der Waals surface area (Å²) in [5.41, 5.74) is 2.40. The molecule has 7 nitrogen and oxygen atoms in total. The number of rotatable bonds is 3. The minimum atomic E-state index is -2.96. The molecule has 0 aliphatic carbocycles. The third-order valence-corrected chi connectivity index (χ3v) is 9.10. The van der Waals surface area contributed by atoms with Gasteiger partial charge in [-0.15, -0.1) is 0 Å². The number of aliphatic imine (C=N–C) groups is 1. The molecule has 1 N–H and O–H groups in total. The number of hydrogen-bond acceptors (Lipinski definition) is 7. The highest BCUT2D eigenvalue weighted by Crippen LogP contribution is 2.34. The van der Waals surface area contributed by atoms with E-state index in [2.05, 4.69) is 15.2 Å². The Morgan fingerprint density at radius 1 is 1.00 bits per heavy atom. The molecule has 0 bridgehead atoms. The zero-order valence-corrected chi connectivity index (χ0v) is 18.9. The summed E-state index contributed by atoms with van der Waals surface area (Å²) in [5, 5.41) is 3.96. The molecule has 168 valence electrons. The topological polar surface area (TPSA) is 82.1 Å². The number of sulfone groups is 1. The number of amides is 1. The van der Waals surface area contributed by atoms with E-state index in [4.69, 9.17) is 0 Å². The first-order chi connectivity index (χ1) is 15.4. The van der Waals surface area contributed by atoms with Gasteiger partial charge < -0.3 is 15.1 Å². The number of nitrogens with one attached hydrogen (secondary N) is 1. The first-order valence-corrected chi connectivity index (χ1v) is 13.2. The van der Waals surface area contributed by atoms with Crippen molar-refractivity contribution >= 4 is 44.0 Å². The van der Waals surface area contributed by atoms with Gasteiger partial charge in [-0.1, -0.05) is 11.8 Å². The second-order valence-electron chi connectivity index (χ2n) is 8.19. The van der Waals surface area contributed by atoms with Crippen LogP contribution in [-0.4, -0.2) is 73.4 Å². The quantitative estimate of drug-likeness (QED) is 0.736. The van der Waals surface area contributed by atoms with Crippen LogP contribution in [0.25, 0.3) is 0 Å². The van der Waals surface area contributed by atoms with Gasteiger partial charge in [-0.2, -0.15) is 0 Å². The number of benzene rings is 2. The van der Waals surface area contributed by atoms with Crippen LogP contribution in [0.3, 0.4) is 0 Å². The maximum atomic E-state index is 13.1. The number of amidine groups is 1. The molecule has 3 aliphatic heterocycles. The zero-order chi connectivity index (χ0) is 22.3. The Balaban J connectivity index is 1.16. The maximum absolute atomic E-state index is 13.1. The monoisotopic (exact) mass is 474 g/mol. The third-order valence-electron chi connectivity index (χ3n) is 5.96. The van der Waals surface area contributed by atoms with E-state index in [0.29, 0.717) is 31.7 Å². The summed E-state index contributed by atoms with van der Waals surface area (Å²) < 4.78 is 36.5. The molecular weight excluding hydrogens is 451 g/mol. The van der Waals surface area contributed by atoms with E-state index >= 15 is 0 Å². The lowest BCUT2D eigenvalue weighted by Gasteiger charge is -2.36. The number of hydrogen-bond donors (Lipinski definition) is 1. The summed E-state index contributed by atoms with van der Waals surface area (Å²) in [7, 11) is -2.96. The Bertz CT molecular complexity index is 1140. The van der Waals surface area contributed by atoms with Crippen molar-refractivity contribution in [3.05, 3.63) is 59.9 Å². The van der Waals surface area contributed by atoms with E-state index < -0.39 is 9.84 Å². The summed E-state index contributed by atoms with van der Waals surface area (Å²) in [6.07, 6.45) is 0. The zero-order valence-electron chi connectivity index (χ0n) is 17.3. The van der Waals surface area contributed by atoms with Crippen LogP contribution in [0.15, 0.2) is 53.5 Å². The first-order valence-electron chi connectivity index (χ1n) is 10.5. The highest BCUT2D eigenvalue weighted by atomic mass is 32.2. The molecule has 0 spiro atoms. The Morgan fingerprint density at radius 3 is 2.34 bits per heavy atom. The van der Waals surface area contributed by atoms with Gasteiger partial charge in [0, 0.05) is 48.4 Å². The lowest BCUT2D eigenvalue weighted by atomic mass is 10.1. The minimum Gasteiger partial charge on any atom is -0.368 e. The molecule has 2 aromatic carbocycles. The number of halogens is 1. The van der Waals surface area contributed by atoms with Gasteiger partial charge in [0.25, 0.3) is 5.91 Å². The van der Waals surface area contributed by atoms with Gasteiger partial charge in [-0.25, -0.2) is 12.8 Å². The highest BCUT2D eigenvalue weighted by molar-refractivity contribution is 8.15. The Morgan fingerprint density at radius 2 is 1.69 bits per heavy atom. The summed E-state index contributed by atoms with van der Waals surface area (Å²) in [6.45, 7) is 2.61. The Kier molecular flexibility index (Phi) is 5.58. The van der Waals surface area contributed by atoms with Crippen LogP contribution >= 0.6 is 11.8 Å². The van der Waals surface area contributed by atoms with E-state index in [1.54, 1.807) is 24.3 Å². The molecule has 10 heteroatoms. The number of piperazine rings is 1. The maximum Gasteiger partial charge on any atom is 0.253 e. The van der Waals surface area contributed by atoms with Gasteiger partial charge in [-0.3, -0.25) is 9.79 Å². The van der Waals surface area contributed by atoms with Gasteiger partial charge in [0.05, 0.1) is 17.5 Å². The fraction of sp³-hybridized carbons (Fsp3) is 0.364. The third kappa shape index (κ3) is 4.47. The number of nitrogens with zero attached hydrogens (tertiary/aromatic N) is 3. The van der Waals surface area contributed by atoms with Gasteiger partial charge >= 0.3 is 0 Å². The van der Waals surface area contributed by atoms with E-state index in [1.807, 2.05) is 17.0 Å². The summed E-state index contributed by atoms with van der Waals surface area (Å²) in [6, 6.07) is 13.5. The molecule has 0 aromatic heterocycles. The predicted octanol–water partition coefficient (Wildman–Crippen LogP) is 2.47. The van der Waals surface area contributed by atoms with Crippen molar-refractivity contribution in [3.8, 4) is 0 Å². The van der Waals surface area contributed by atoms with Crippen molar-refractivity contribution in [1.82, 2.24) is 4.90 Å². The van der Waals surface area contributed by atoms with E-state index in [-0.39, 0.29) is 34.5 Å². The standard InChI is InChI=1S/C22H23FN4O3S2/c23-16-3-7-18(8-4-16)26-9-11-27(12-10-26)21(28)15-1-5-17(6-2-15)24-22-25-19-13-32(29,30)14-20(19)31-22/h1-8,19-20H,9-14H2,(H,24,25)/t19-,20-/m1/s1. The first kappa shape index (κ1) is 21.3. The van der Waals surface area contributed by atoms with Crippen molar-refractivity contribution < 1.29 is 17.6 Å². The number of carbonyl (C=O) groups is 1. The number of thioether (sulfide) groups is 1. The number of carbonyl (C=O) groups excluding carboxylic acids is 1. The molecule has 2 aromatic rings. The van der Waals surface area contributed by atoms with Crippen molar-refractivity contribution in [3.63, 3.8) is 0 Å². The smallest absolute Gasteiger partial charge is 0.253 e. The largest absolute Gasteiger partial charge is 0.368 e. The molecule has 0 unspecified atom stereocenters. The molecule has 3 heterocycles. The second kappa shape index (κ2) is 8.40. The van der Waals surface area contributed by atoms with Gasteiger partial charge in [0.2, 0.25) is 0 Å². The van der Waals surface area contributed by atoms with Crippen molar-refractivity contribution in [1.29, 1.82) is 0 Å². The lowest BCUT2D eigenvalue weighted by molar-refractivity contribution is 0.0747. The second-order valence-corrected chi connectivity index (χ2v) is 11.6. The molecule has 0 saturated carbocycles. The van der Waals surface area contributed by atoms with Crippen LogP contribution in [0, 0.1) is 5.82 Å². The summed E-state index contributed by atoms with van der Waals surface area (Å²) >= 11 is 1.47. The van der Waals surface area contributed by atoms with Crippen LogP contribution in [0.5, 0.6) is 0 Å². The average molecular weight is 475 g/mol. The normalized spacial score (nSPS) is 24.2. The van der Waals surface area contributed by atoms with Gasteiger partial charge in [0.15, 0.2) is 15.0 Å². The van der Waals surface area contributed by atoms with Crippen LogP contribution in [0.2, 0.25) is 0 Å². The van der Waals surface area contributed by atoms with Crippen LogP contribution in [0.4, 0.5) is 15.8 Å². The van der Waals surface area contributed by atoms with E-state index in [1.165, 1.54) is 23.9 Å². The molecule has 32 heavy (non-hydrogen) atoms. The number of anilines is 2. The van der Waals surface area contributed by atoms with Crippen molar-refractivity contribution in [2.45, 2.75) is 11.3 Å². The SMILES string of the molecule is O=C(c1ccc(NC2=N[C@@H]3CS(=O)(=O)C[C@H]3S2)cc1)N1CCN(c2ccc(F)cc2)CC1. The average Bonchev–Trinajstić information content (AvgIpc) is 3.27. The van der Waals surface area contributed by atoms with Gasteiger partial charge in [0.1, 0.15) is 5.82 Å². The van der Waals surface area contributed by atoms with Crippen LogP contribution in [-0.2, 0) is 9.84 Å². The fourth-order valence-electron chi connectivity index (χ4n) is 4.24. The summed E-state index contributed by atoms with van der Waals surface area (Å²) in [5.74, 6) is 0.0360. The van der Waals surface area contributed by atoms with Crippen molar-refractivity contribution in [2.24, 2.45) is 4.99 Å². The highest BCUT2D eigenvalue weighted by Gasteiger charge is 2.42. The van der Waals surface area contributed by atoms with Gasteiger partial charge in [-0.05, 0) is 48.5 Å². The molecule has 0 radical (unpaired) electrons. The molecule has 3 aliphatic rings. The molecule has 2 fully saturated rings. The van der Waals surface area contributed by atoms with Crippen molar-refractivity contribution in [2.75, 3.05) is 47.9 Å². The molecule has 1 amide bonds. The van der Waals surface area contributed by atoms with E-state index in [9.17, 15) is 17.6 Å². The van der Waals surface area contributed by atoms with Crippen LogP contribution < -0.4 is 10.2 Å².